The van der Waals surface area contributed by atoms with Crippen LogP contribution in [-0.2, 0) is 10.0 Å². The number of rotatable bonds is 4. The zero-order chi connectivity index (χ0) is 13.2. The van der Waals surface area contributed by atoms with E-state index in [9.17, 15) is 8.42 Å². The number of anilines is 1. The van der Waals surface area contributed by atoms with Crippen molar-refractivity contribution >= 4 is 31.6 Å². The van der Waals surface area contributed by atoms with E-state index in [1.807, 2.05) is 19.1 Å². The zero-order valence-electron chi connectivity index (χ0n) is 9.59. The Bertz CT molecular complexity index is 623. The van der Waals surface area contributed by atoms with Crippen LogP contribution in [0.3, 0.4) is 0 Å². The summed E-state index contributed by atoms with van der Waals surface area (Å²) in [7, 11) is -3.61. The van der Waals surface area contributed by atoms with Gasteiger partial charge in [-0.25, -0.2) is 0 Å². The summed E-state index contributed by atoms with van der Waals surface area (Å²) in [6.45, 7) is 1.93. The van der Waals surface area contributed by atoms with Crippen LogP contribution in [0, 0.1) is 0 Å². The van der Waals surface area contributed by atoms with Crippen molar-refractivity contribution in [1.82, 2.24) is 10.2 Å². The minimum Gasteiger partial charge on any atom is -0.278 e. The van der Waals surface area contributed by atoms with Gasteiger partial charge in [-0.15, -0.1) is 0 Å². The van der Waals surface area contributed by atoms with Gasteiger partial charge in [0.15, 0.2) is 5.03 Å². The number of hydrogen-bond acceptors (Lipinski definition) is 3. The molecule has 1 unspecified atom stereocenters. The van der Waals surface area contributed by atoms with Gasteiger partial charge in [-0.3, -0.25) is 9.82 Å². The van der Waals surface area contributed by atoms with E-state index >= 15 is 0 Å². The van der Waals surface area contributed by atoms with E-state index in [4.69, 9.17) is 0 Å². The lowest BCUT2D eigenvalue weighted by molar-refractivity contribution is 0.597. The van der Waals surface area contributed by atoms with Gasteiger partial charge in [0.05, 0.1) is 11.9 Å². The third-order valence-electron chi connectivity index (χ3n) is 2.40. The van der Waals surface area contributed by atoms with Crippen LogP contribution >= 0.6 is 15.9 Å². The summed E-state index contributed by atoms with van der Waals surface area (Å²) in [6.07, 6.45) is 1.40. The second-order valence-electron chi connectivity index (χ2n) is 3.73. The molecule has 0 spiro atoms. The minimum atomic E-state index is -3.61. The van der Waals surface area contributed by atoms with Crippen molar-refractivity contribution in [2.24, 2.45) is 0 Å². The molecule has 1 atom stereocenters. The average molecular weight is 330 g/mol. The SMILES string of the molecule is CC(Br)c1ccccc1NS(=O)(=O)c1ccn[nH]1. The second kappa shape index (κ2) is 5.11. The Labute approximate surface area is 114 Å². The van der Waals surface area contributed by atoms with Crippen LogP contribution in [-0.4, -0.2) is 18.6 Å². The molecule has 2 rings (SSSR count). The number of hydrogen-bond donors (Lipinski definition) is 2. The summed E-state index contributed by atoms with van der Waals surface area (Å²) in [6, 6.07) is 8.64. The van der Waals surface area contributed by atoms with Crippen LogP contribution in [0.4, 0.5) is 5.69 Å². The highest BCUT2D eigenvalue weighted by atomic mass is 79.9. The number of sulfonamides is 1. The number of H-pyrrole nitrogens is 1. The Hall–Kier alpha value is -1.34. The van der Waals surface area contributed by atoms with Crippen LogP contribution in [0.15, 0.2) is 41.6 Å². The zero-order valence-corrected chi connectivity index (χ0v) is 12.0. The lowest BCUT2D eigenvalue weighted by atomic mass is 10.1. The molecule has 0 radical (unpaired) electrons. The van der Waals surface area contributed by atoms with Crippen molar-refractivity contribution in [2.75, 3.05) is 4.72 Å². The molecule has 2 aromatic rings. The maximum absolute atomic E-state index is 12.0. The fourth-order valence-electron chi connectivity index (χ4n) is 1.53. The van der Waals surface area contributed by atoms with Crippen LogP contribution in [0.2, 0.25) is 0 Å². The van der Waals surface area contributed by atoms with Gasteiger partial charge in [0, 0.05) is 4.83 Å². The van der Waals surface area contributed by atoms with Crippen LogP contribution in [0.1, 0.15) is 17.3 Å². The fourth-order valence-corrected chi connectivity index (χ4v) is 2.93. The van der Waals surface area contributed by atoms with Gasteiger partial charge in [-0.2, -0.15) is 13.5 Å². The van der Waals surface area contributed by atoms with E-state index in [0.29, 0.717) is 5.69 Å². The number of halogens is 1. The third-order valence-corrected chi connectivity index (χ3v) is 4.19. The number of aromatic nitrogens is 2. The first-order valence-electron chi connectivity index (χ1n) is 5.26. The Morgan fingerprint density at radius 2 is 2.06 bits per heavy atom. The van der Waals surface area contributed by atoms with Crippen molar-refractivity contribution in [3.63, 3.8) is 0 Å². The van der Waals surface area contributed by atoms with E-state index in [2.05, 4.69) is 30.8 Å². The monoisotopic (exact) mass is 329 g/mol. The van der Waals surface area contributed by atoms with E-state index < -0.39 is 10.0 Å². The Kier molecular flexibility index (Phi) is 3.72. The normalized spacial score (nSPS) is 13.2. The van der Waals surface area contributed by atoms with Crippen LogP contribution in [0.5, 0.6) is 0 Å². The fraction of sp³-hybridized carbons (Fsp3) is 0.182. The van der Waals surface area contributed by atoms with Gasteiger partial charge in [0.2, 0.25) is 0 Å². The molecule has 0 aliphatic carbocycles. The number of para-hydroxylation sites is 1. The van der Waals surface area contributed by atoms with Gasteiger partial charge in [-0.1, -0.05) is 34.1 Å². The molecule has 0 fully saturated rings. The maximum Gasteiger partial charge on any atom is 0.278 e. The lowest BCUT2D eigenvalue weighted by Gasteiger charge is -2.13. The number of alkyl halides is 1. The summed E-state index contributed by atoms with van der Waals surface area (Å²) >= 11 is 3.43. The number of aromatic amines is 1. The molecule has 1 aromatic heterocycles. The molecule has 18 heavy (non-hydrogen) atoms. The Morgan fingerprint density at radius 3 is 2.67 bits per heavy atom. The molecule has 0 aliphatic rings. The summed E-state index contributed by atoms with van der Waals surface area (Å²) in [4.78, 5) is 0.0539. The van der Waals surface area contributed by atoms with E-state index in [0.717, 1.165) is 5.56 Å². The lowest BCUT2D eigenvalue weighted by Crippen LogP contribution is -2.14. The quantitative estimate of drug-likeness (QED) is 0.847. The maximum atomic E-state index is 12.0. The summed E-state index contributed by atoms with van der Waals surface area (Å²) in [5.41, 5.74) is 1.43. The molecule has 0 saturated heterocycles. The van der Waals surface area contributed by atoms with Crippen molar-refractivity contribution in [1.29, 1.82) is 0 Å². The number of benzene rings is 1. The van der Waals surface area contributed by atoms with Gasteiger partial charge in [-0.05, 0) is 24.6 Å². The van der Waals surface area contributed by atoms with Gasteiger partial charge in [0.1, 0.15) is 0 Å². The molecule has 96 valence electrons. The van der Waals surface area contributed by atoms with Crippen LogP contribution < -0.4 is 4.72 Å². The molecule has 0 amide bonds. The topological polar surface area (TPSA) is 74.8 Å². The molecule has 7 heteroatoms. The van der Waals surface area contributed by atoms with Gasteiger partial charge >= 0.3 is 0 Å². The molecular weight excluding hydrogens is 318 g/mol. The van der Waals surface area contributed by atoms with Crippen molar-refractivity contribution in [2.45, 2.75) is 16.8 Å². The van der Waals surface area contributed by atoms with E-state index in [1.54, 1.807) is 12.1 Å². The largest absolute Gasteiger partial charge is 0.278 e. The molecule has 1 heterocycles. The molecule has 2 N–H and O–H groups in total. The third kappa shape index (κ3) is 2.73. The predicted molar refractivity (Wildman–Crippen MR) is 73.2 cm³/mol. The predicted octanol–water partition coefficient (Wildman–Crippen LogP) is 2.67. The van der Waals surface area contributed by atoms with Crippen molar-refractivity contribution in [3.05, 3.63) is 42.1 Å². The first-order valence-corrected chi connectivity index (χ1v) is 7.66. The first-order chi connectivity index (χ1) is 8.50. The summed E-state index contributed by atoms with van der Waals surface area (Å²) in [5, 5.41) is 6.11. The second-order valence-corrected chi connectivity index (χ2v) is 6.75. The summed E-state index contributed by atoms with van der Waals surface area (Å²) in [5.74, 6) is 0. The Balaban J connectivity index is 2.36. The van der Waals surface area contributed by atoms with E-state index in [1.165, 1.54) is 12.3 Å². The highest BCUT2D eigenvalue weighted by Gasteiger charge is 2.18. The molecule has 0 aliphatic heterocycles. The number of nitrogens with one attached hydrogen (secondary N) is 2. The molecule has 0 saturated carbocycles. The minimum absolute atomic E-state index is 0.0412. The van der Waals surface area contributed by atoms with Crippen LogP contribution in [0.25, 0.3) is 0 Å². The van der Waals surface area contributed by atoms with E-state index in [-0.39, 0.29) is 9.85 Å². The molecule has 0 bridgehead atoms. The van der Waals surface area contributed by atoms with Crippen molar-refractivity contribution in [3.8, 4) is 0 Å². The molecule has 5 nitrogen and oxygen atoms in total. The Morgan fingerprint density at radius 1 is 1.33 bits per heavy atom. The smallest absolute Gasteiger partial charge is 0.278 e. The summed E-state index contributed by atoms with van der Waals surface area (Å²) < 4.78 is 26.6. The van der Waals surface area contributed by atoms with Gasteiger partial charge in [0.25, 0.3) is 10.0 Å². The highest BCUT2D eigenvalue weighted by molar-refractivity contribution is 9.09. The van der Waals surface area contributed by atoms with Gasteiger partial charge < -0.3 is 0 Å². The standard InChI is InChI=1S/C11H12BrN3O2S/c1-8(12)9-4-2-3-5-10(9)15-18(16,17)11-6-7-13-14-11/h2-8,15H,1H3,(H,13,14). The highest BCUT2D eigenvalue weighted by Crippen LogP contribution is 2.29. The molecule has 1 aromatic carbocycles. The van der Waals surface area contributed by atoms with Crippen molar-refractivity contribution < 1.29 is 8.42 Å². The average Bonchev–Trinajstić information content (AvgIpc) is 2.83. The number of nitrogens with zero attached hydrogens (tertiary/aromatic N) is 1. The molecular formula is C11H12BrN3O2S. The first kappa shape index (κ1) is 13.1.